The summed E-state index contributed by atoms with van der Waals surface area (Å²) in [6.45, 7) is 4.30. The third kappa shape index (κ3) is 6.61. The largest absolute Gasteiger partial charge is 0.494 e. The topological polar surface area (TPSA) is 55.4 Å². The van der Waals surface area contributed by atoms with E-state index < -0.39 is 9.84 Å². The molecule has 0 aliphatic rings. The van der Waals surface area contributed by atoms with E-state index in [0.29, 0.717) is 13.0 Å². The molecule has 0 amide bonds. The Bertz CT molecular complexity index is 440. The van der Waals surface area contributed by atoms with Crippen LogP contribution in [-0.4, -0.2) is 33.6 Å². The molecule has 18 heavy (non-hydrogen) atoms. The van der Waals surface area contributed by atoms with E-state index in [0.717, 1.165) is 18.8 Å². The molecule has 0 atom stereocenters. The maximum atomic E-state index is 10.9. The van der Waals surface area contributed by atoms with Crippen molar-refractivity contribution in [3.05, 3.63) is 29.8 Å². The van der Waals surface area contributed by atoms with Gasteiger partial charge in [0, 0.05) is 12.8 Å². The summed E-state index contributed by atoms with van der Waals surface area (Å²) in [7, 11) is -2.88. The first kappa shape index (κ1) is 15.0. The third-order valence-corrected chi connectivity index (χ3v) is 3.46. The Morgan fingerprint density at radius 1 is 1.22 bits per heavy atom. The normalized spacial score (nSPS) is 11.4. The predicted molar refractivity (Wildman–Crippen MR) is 73.6 cm³/mol. The van der Waals surface area contributed by atoms with Crippen LogP contribution in [0.1, 0.15) is 18.9 Å². The monoisotopic (exact) mass is 271 g/mol. The summed E-state index contributed by atoms with van der Waals surface area (Å²) < 4.78 is 27.3. The van der Waals surface area contributed by atoms with Crippen molar-refractivity contribution in [3.8, 4) is 5.75 Å². The Morgan fingerprint density at radius 2 is 1.89 bits per heavy atom. The second kappa shape index (κ2) is 7.38. The quantitative estimate of drug-likeness (QED) is 0.730. The standard InChI is InChI=1S/C13H21NO3S/c1-3-14-11-12-5-7-13(8-6-12)17-9-4-10-18(2,15)16/h5-8,14H,3-4,9-11H2,1-2H3. The number of rotatable bonds is 8. The molecule has 1 N–H and O–H groups in total. The molecule has 1 rings (SSSR count). The first-order chi connectivity index (χ1) is 8.51. The molecule has 102 valence electrons. The number of hydrogen-bond donors (Lipinski definition) is 1. The molecule has 0 bridgehead atoms. The summed E-state index contributed by atoms with van der Waals surface area (Å²) in [5.41, 5.74) is 1.21. The lowest BCUT2D eigenvalue weighted by Gasteiger charge is -2.07. The lowest BCUT2D eigenvalue weighted by Crippen LogP contribution is -2.11. The highest BCUT2D eigenvalue weighted by Crippen LogP contribution is 2.12. The van der Waals surface area contributed by atoms with Gasteiger partial charge in [0.1, 0.15) is 15.6 Å². The molecule has 0 heterocycles. The maximum Gasteiger partial charge on any atom is 0.147 e. The fourth-order valence-corrected chi connectivity index (χ4v) is 2.13. The Balaban J connectivity index is 2.31. The summed E-state index contributed by atoms with van der Waals surface area (Å²) >= 11 is 0. The van der Waals surface area contributed by atoms with Gasteiger partial charge in [0.2, 0.25) is 0 Å². The molecule has 1 aromatic carbocycles. The van der Waals surface area contributed by atoms with Gasteiger partial charge >= 0.3 is 0 Å². The van der Waals surface area contributed by atoms with Crippen molar-refractivity contribution in [1.29, 1.82) is 0 Å². The van der Waals surface area contributed by atoms with Crippen LogP contribution >= 0.6 is 0 Å². The summed E-state index contributed by atoms with van der Waals surface area (Å²) in [6.07, 6.45) is 1.76. The molecule has 0 unspecified atom stereocenters. The van der Waals surface area contributed by atoms with Crippen LogP contribution in [0.15, 0.2) is 24.3 Å². The average molecular weight is 271 g/mol. The van der Waals surface area contributed by atoms with E-state index in [9.17, 15) is 8.42 Å². The van der Waals surface area contributed by atoms with Crippen molar-refractivity contribution in [1.82, 2.24) is 5.32 Å². The molecule has 5 heteroatoms. The molecule has 0 fully saturated rings. The van der Waals surface area contributed by atoms with Gasteiger partial charge in [-0.2, -0.15) is 0 Å². The van der Waals surface area contributed by atoms with Gasteiger partial charge in [-0.15, -0.1) is 0 Å². The molecular weight excluding hydrogens is 250 g/mol. The van der Waals surface area contributed by atoms with Gasteiger partial charge in [0.15, 0.2) is 0 Å². The summed E-state index contributed by atoms with van der Waals surface area (Å²) in [5, 5.41) is 3.25. The Morgan fingerprint density at radius 3 is 2.44 bits per heavy atom. The van der Waals surface area contributed by atoms with E-state index in [1.807, 2.05) is 24.3 Å². The van der Waals surface area contributed by atoms with Crippen LogP contribution in [0.5, 0.6) is 5.75 Å². The summed E-state index contributed by atoms with van der Waals surface area (Å²) in [6, 6.07) is 7.84. The highest BCUT2D eigenvalue weighted by Gasteiger charge is 2.01. The van der Waals surface area contributed by atoms with Gasteiger partial charge in [-0.05, 0) is 30.7 Å². The summed E-state index contributed by atoms with van der Waals surface area (Å²) in [4.78, 5) is 0. The second-order valence-electron chi connectivity index (χ2n) is 4.26. The van der Waals surface area contributed by atoms with E-state index in [4.69, 9.17) is 4.74 Å². The van der Waals surface area contributed by atoms with Gasteiger partial charge in [-0.3, -0.25) is 0 Å². The van der Waals surface area contributed by atoms with Crippen LogP contribution in [-0.2, 0) is 16.4 Å². The van der Waals surface area contributed by atoms with Crippen LogP contribution < -0.4 is 10.1 Å². The maximum absolute atomic E-state index is 10.9. The van der Waals surface area contributed by atoms with E-state index in [2.05, 4.69) is 12.2 Å². The fourth-order valence-electron chi connectivity index (χ4n) is 1.48. The molecule has 0 aliphatic carbocycles. The first-order valence-electron chi connectivity index (χ1n) is 6.11. The Hall–Kier alpha value is -1.07. The highest BCUT2D eigenvalue weighted by molar-refractivity contribution is 7.90. The molecule has 0 aromatic heterocycles. The van der Waals surface area contributed by atoms with E-state index in [-0.39, 0.29) is 5.75 Å². The van der Waals surface area contributed by atoms with E-state index in [1.54, 1.807) is 0 Å². The lowest BCUT2D eigenvalue weighted by molar-refractivity contribution is 0.317. The van der Waals surface area contributed by atoms with E-state index >= 15 is 0 Å². The molecule has 0 spiro atoms. The third-order valence-electron chi connectivity index (χ3n) is 2.43. The number of ether oxygens (including phenoxy) is 1. The minimum atomic E-state index is -2.88. The van der Waals surface area contributed by atoms with E-state index in [1.165, 1.54) is 11.8 Å². The number of hydrogen-bond acceptors (Lipinski definition) is 4. The van der Waals surface area contributed by atoms with Gasteiger partial charge in [0.25, 0.3) is 0 Å². The zero-order chi connectivity index (χ0) is 13.4. The minimum Gasteiger partial charge on any atom is -0.494 e. The molecular formula is C13H21NO3S. The lowest BCUT2D eigenvalue weighted by atomic mass is 10.2. The first-order valence-corrected chi connectivity index (χ1v) is 8.17. The smallest absolute Gasteiger partial charge is 0.147 e. The summed E-state index contributed by atoms with van der Waals surface area (Å²) in [5.74, 6) is 0.953. The molecule has 4 nitrogen and oxygen atoms in total. The fraction of sp³-hybridized carbons (Fsp3) is 0.538. The molecule has 0 radical (unpaired) electrons. The number of nitrogens with one attached hydrogen (secondary N) is 1. The molecule has 0 aliphatic heterocycles. The SMILES string of the molecule is CCNCc1ccc(OCCCS(C)(=O)=O)cc1. The van der Waals surface area contributed by atoms with Crippen LogP contribution in [0, 0.1) is 0 Å². The molecule has 1 aromatic rings. The van der Waals surface area contributed by atoms with Crippen LogP contribution in [0.25, 0.3) is 0 Å². The second-order valence-corrected chi connectivity index (χ2v) is 6.52. The van der Waals surface area contributed by atoms with Crippen molar-refractivity contribution in [2.75, 3.05) is 25.2 Å². The van der Waals surface area contributed by atoms with Crippen molar-refractivity contribution < 1.29 is 13.2 Å². The van der Waals surface area contributed by atoms with Crippen LogP contribution in [0.3, 0.4) is 0 Å². The molecule has 0 saturated heterocycles. The number of sulfone groups is 1. The van der Waals surface area contributed by atoms with Crippen molar-refractivity contribution in [2.24, 2.45) is 0 Å². The van der Waals surface area contributed by atoms with Crippen molar-refractivity contribution in [2.45, 2.75) is 19.9 Å². The number of benzene rings is 1. The van der Waals surface area contributed by atoms with Gasteiger partial charge < -0.3 is 10.1 Å². The van der Waals surface area contributed by atoms with Crippen molar-refractivity contribution in [3.63, 3.8) is 0 Å². The molecule has 0 saturated carbocycles. The predicted octanol–water partition coefficient (Wildman–Crippen LogP) is 1.61. The van der Waals surface area contributed by atoms with Crippen molar-refractivity contribution >= 4 is 9.84 Å². The van der Waals surface area contributed by atoms with Crippen LogP contribution in [0.2, 0.25) is 0 Å². The van der Waals surface area contributed by atoms with Crippen LogP contribution in [0.4, 0.5) is 0 Å². The van der Waals surface area contributed by atoms with Gasteiger partial charge in [-0.25, -0.2) is 8.42 Å². The zero-order valence-corrected chi connectivity index (χ0v) is 11.8. The van der Waals surface area contributed by atoms with Gasteiger partial charge in [0.05, 0.1) is 12.4 Å². The average Bonchev–Trinajstić information content (AvgIpc) is 2.32. The minimum absolute atomic E-state index is 0.172. The zero-order valence-electron chi connectivity index (χ0n) is 11.0. The van der Waals surface area contributed by atoms with Gasteiger partial charge in [-0.1, -0.05) is 19.1 Å². The highest BCUT2D eigenvalue weighted by atomic mass is 32.2. The Kier molecular flexibility index (Phi) is 6.15. The Labute approximate surface area is 109 Å².